The van der Waals surface area contributed by atoms with Gasteiger partial charge in [0.2, 0.25) is 0 Å². The van der Waals surface area contributed by atoms with Crippen LogP contribution in [0.15, 0.2) is 29.1 Å². The summed E-state index contributed by atoms with van der Waals surface area (Å²) in [5.74, 6) is 0.769. The van der Waals surface area contributed by atoms with Gasteiger partial charge in [-0.05, 0) is 73.9 Å². The van der Waals surface area contributed by atoms with Crippen LogP contribution in [-0.4, -0.2) is 20.5 Å². The number of halogens is 3. The summed E-state index contributed by atoms with van der Waals surface area (Å²) in [4.78, 5) is 13.5. The van der Waals surface area contributed by atoms with Gasteiger partial charge in [-0.15, -0.1) is 18.3 Å². The largest absolute Gasteiger partial charge is 0.573 e. The second-order valence-corrected chi connectivity index (χ2v) is 8.36. The van der Waals surface area contributed by atoms with Gasteiger partial charge in [0.05, 0.1) is 0 Å². The number of ether oxygens (including phenoxy) is 1. The summed E-state index contributed by atoms with van der Waals surface area (Å²) in [5, 5.41) is 4.77. The van der Waals surface area contributed by atoms with Gasteiger partial charge in [0.1, 0.15) is 11.3 Å². The zero-order valence-electron chi connectivity index (χ0n) is 17.4. The van der Waals surface area contributed by atoms with Crippen LogP contribution in [0.2, 0.25) is 0 Å². The van der Waals surface area contributed by atoms with Crippen LogP contribution < -0.4 is 10.3 Å². The number of fused-ring (bicyclic) bond motifs is 1. The predicted octanol–water partition coefficient (Wildman–Crippen LogP) is 5.21. The van der Waals surface area contributed by atoms with Crippen molar-refractivity contribution in [2.75, 3.05) is 0 Å². The van der Waals surface area contributed by atoms with Crippen molar-refractivity contribution in [3.05, 3.63) is 51.4 Å². The Labute approximate surface area is 172 Å². The minimum absolute atomic E-state index is 0.112. The fourth-order valence-electron chi connectivity index (χ4n) is 3.82. The molecule has 0 aliphatic heterocycles. The number of aryl methyl sites for hydroxylation is 2. The maximum atomic E-state index is 13.5. The molecule has 0 atom stereocenters. The average Bonchev–Trinajstić information content (AvgIpc) is 3.38. The highest BCUT2D eigenvalue weighted by Gasteiger charge is 2.31. The van der Waals surface area contributed by atoms with Crippen LogP contribution in [0.5, 0.6) is 5.75 Å². The third-order valence-electron chi connectivity index (χ3n) is 5.51. The second-order valence-electron chi connectivity index (χ2n) is 8.36. The minimum Gasteiger partial charge on any atom is -0.406 e. The van der Waals surface area contributed by atoms with Gasteiger partial charge in [0.15, 0.2) is 5.82 Å². The predicted molar refractivity (Wildman–Crippen MR) is 108 cm³/mol. The molecule has 1 aliphatic carbocycles. The molecule has 4 rings (SSSR count). The Balaban J connectivity index is 1.92. The Morgan fingerprint density at radius 3 is 2.47 bits per heavy atom. The highest BCUT2D eigenvalue weighted by Crippen LogP contribution is 2.34. The van der Waals surface area contributed by atoms with Crippen molar-refractivity contribution in [3.63, 3.8) is 0 Å². The van der Waals surface area contributed by atoms with Crippen LogP contribution in [-0.2, 0) is 6.54 Å². The van der Waals surface area contributed by atoms with Crippen LogP contribution in [0.1, 0.15) is 49.4 Å². The van der Waals surface area contributed by atoms with Crippen LogP contribution in [0, 0.1) is 19.8 Å². The molecular weight excluding hydrogens is 395 g/mol. The molecule has 0 amide bonds. The molecule has 1 aromatic carbocycles. The fraction of sp³-hybridized carbons (Fsp3) is 0.455. The van der Waals surface area contributed by atoms with Crippen molar-refractivity contribution in [2.24, 2.45) is 5.92 Å². The summed E-state index contributed by atoms with van der Waals surface area (Å²) in [7, 11) is 0. The Morgan fingerprint density at radius 2 is 1.90 bits per heavy atom. The summed E-state index contributed by atoms with van der Waals surface area (Å²) in [6.07, 6.45) is -2.63. The summed E-state index contributed by atoms with van der Waals surface area (Å²) >= 11 is 0. The lowest BCUT2D eigenvalue weighted by Crippen LogP contribution is -2.27. The Morgan fingerprint density at radius 1 is 1.20 bits per heavy atom. The first-order valence-corrected chi connectivity index (χ1v) is 10.0. The number of nitrogens with zero attached hydrogens (tertiary/aromatic N) is 3. The Hall–Kier alpha value is -2.77. The van der Waals surface area contributed by atoms with E-state index in [0.29, 0.717) is 34.9 Å². The normalized spacial score (nSPS) is 14.7. The quantitative estimate of drug-likeness (QED) is 0.570. The maximum absolute atomic E-state index is 13.5. The van der Waals surface area contributed by atoms with Gasteiger partial charge in [-0.2, -0.15) is 0 Å². The molecular formula is C22H24F3N3O2. The van der Waals surface area contributed by atoms with Gasteiger partial charge in [-0.1, -0.05) is 13.8 Å². The smallest absolute Gasteiger partial charge is 0.406 e. The summed E-state index contributed by atoms with van der Waals surface area (Å²) in [6.45, 7) is 8.22. The van der Waals surface area contributed by atoms with Crippen molar-refractivity contribution in [1.29, 1.82) is 0 Å². The van der Waals surface area contributed by atoms with Crippen molar-refractivity contribution in [2.45, 2.75) is 59.4 Å². The van der Waals surface area contributed by atoms with E-state index in [1.54, 1.807) is 16.0 Å². The van der Waals surface area contributed by atoms with Gasteiger partial charge in [0.25, 0.3) is 5.56 Å². The fourth-order valence-corrected chi connectivity index (χ4v) is 3.82. The molecule has 160 valence electrons. The first kappa shape index (κ1) is 20.5. The molecule has 1 saturated carbocycles. The van der Waals surface area contributed by atoms with Gasteiger partial charge in [0, 0.05) is 17.8 Å². The van der Waals surface area contributed by atoms with Crippen molar-refractivity contribution in [1.82, 2.24) is 14.2 Å². The van der Waals surface area contributed by atoms with E-state index in [1.165, 1.54) is 18.2 Å². The number of benzene rings is 1. The third kappa shape index (κ3) is 3.82. The standard InChI is InChI=1S/C22H24F3N3O2/c1-12(2)18-10-14(4)28-19(18)21(29)27(11-15-5-6-15)20(26-28)17-8-7-16(9-13(17)3)30-22(23,24)25/h7-10,12,15H,5-6,11H2,1-4H3. The SMILES string of the molecule is Cc1cc(OC(F)(F)F)ccc1-c1nn2c(C)cc(C(C)C)c2c(=O)n1CC1CC1. The molecule has 3 aromatic rings. The van der Waals surface area contributed by atoms with Crippen molar-refractivity contribution < 1.29 is 17.9 Å². The third-order valence-corrected chi connectivity index (χ3v) is 5.51. The van der Waals surface area contributed by atoms with Gasteiger partial charge >= 0.3 is 6.36 Å². The van der Waals surface area contributed by atoms with Crippen LogP contribution >= 0.6 is 0 Å². The molecule has 0 spiro atoms. The molecule has 0 radical (unpaired) electrons. The van der Waals surface area contributed by atoms with Crippen molar-refractivity contribution in [3.8, 4) is 17.1 Å². The van der Waals surface area contributed by atoms with E-state index < -0.39 is 6.36 Å². The van der Waals surface area contributed by atoms with E-state index in [-0.39, 0.29) is 17.2 Å². The maximum Gasteiger partial charge on any atom is 0.573 e. The lowest BCUT2D eigenvalue weighted by Gasteiger charge is -2.16. The highest BCUT2D eigenvalue weighted by atomic mass is 19.4. The molecule has 0 saturated heterocycles. The molecule has 8 heteroatoms. The summed E-state index contributed by atoms with van der Waals surface area (Å²) in [5.41, 5.74) is 3.43. The zero-order valence-corrected chi connectivity index (χ0v) is 17.4. The molecule has 1 aliphatic rings. The zero-order chi connectivity index (χ0) is 21.8. The van der Waals surface area contributed by atoms with E-state index in [0.717, 1.165) is 24.1 Å². The molecule has 2 aromatic heterocycles. The van der Waals surface area contributed by atoms with Gasteiger partial charge in [-0.25, -0.2) is 4.52 Å². The number of alkyl halides is 3. The molecule has 30 heavy (non-hydrogen) atoms. The molecule has 1 fully saturated rings. The monoisotopic (exact) mass is 419 g/mol. The molecule has 0 bridgehead atoms. The first-order valence-electron chi connectivity index (χ1n) is 10.0. The van der Waals surface area contributed by atoms with Gasteiger partial charge in [-0.3, -0.25) is 9.36 Å². The second kappa shape index (κ2) is 7.18. The summed E-state index contributed by atoms with van der Waals surface area (Å²) in [6, 6.07) is 6.10. The molecule has 0 N–H and O–H groups in total. The number of hydrogen-bond donors (Lipinski definition) is 0. The molecule has 2 heterocycles. The number of hydrogen-bond acceptors (Lipinski definition) is 3. The summed E-state index contributed by atoms with van der Waals surface area (Å²) < 4.78 is 45.1. The van der Waals surface area contributed by atoms with Gasteiger partial charge < -0.3 is 4.74 Å². The molecule has 0 unspecified atom stereocenters. The minimum atomic E-state index is -4.76. The van der Waals surface area contributed by atoms with E-state index in [9.17, 15) is 18.0 Å². The van der Waals surface area contributed by atoms with E-state index in [2.05, 4.69) is 4.74 Å². The highest BCUT2D eigenvalue weighted by molar-refractivity contribution is 5.65. The Bertz CT molecular complexity index is 1170. The van der Waals surface area contributed by atoms with Crippen LogP contribution in [0.3, 0.4) is 0 Å². The van der Waals surface area contributed by atoms with E-state index in [1.807, 2.05) is 26.8 Å². The van der Waals surface area contributed by atoms with Crippen LogP contribution in [0.4, 0.5) is 13.2 Å². The number of aromatic nitrogens is 3. The topological polar surface area (TPSA) is 48.5 Å². The van der Waals surface area contributed by atoms with Crippen LogP contribution in [0.25, 0.3) is 16.9 Å². The molecule has 5 nitrogen and oxygen atoms in total. The average molecular weight is 419 g/mol. The lowest BCUT2D eigenvalue weighted by molar-refractivity contribution is -0.274. The van der Waals surface area contributed by atoms with E-state index >= 15 is 0 Å². The van der Waals surface area contributed by atoms with E-state index in [4.69, 9.17) is 5.10 Å². The van der Waals surface area contributed by atoms with Crippen molar-refractivity contribution >= 4 is 5.52 Å². The number of rotatable bonds is 5. The lowest BCUT2D eigenvalue weighted by atomic mass is 10.0. The first-order chi connectivity index (χ1) is 14.0. The Kier molecular flexibility index (Phi) is 4.91.